The quantitative estimate of drug-likeness (QED) is 0.142. The first-order valence-electron chi connectivity index (χ1n) is 12.9. The summed E-state index contributed by atoms with van der Waals surface area (Å²) in [6.07, 6.45) is 14.2. The molecule has 0 atom stereocenters. The van der Waals surface area contributed by atoms with Crippen molar-refractivity contribution in [3.05, 3.63) is 126 Å². The normalized spacial score (nSPS) is 15.4. The topological polar surface area (TPSA) is 3.01 Å². The fraction of sp³-hybridized carbons (Fsp3) is 0.229. The minimum Gasteiger partial charge on any atom is -0.267 e. The first-order chi connectivity index (χ1) is 17.3. The molecule has 0 unspecified atom stereocenters. The van der Waals surface area contributed by atoms with Crippen LogP contribution in [0.25, 0.3) is 21.5 Å². The van der Waals surface area contributed by atoms with E-state index in [1.165, 1.54) is 44.1 Å². The molecular formula is C35H34NNa. The van der Waals surface area contributed by atoms with Gasteiger partial charge in [-0.3, -0.25) is 6.08 Å². The van der Waals surface area contributed by atoms with Crippen LogP contribution in [0, 0.1) is 12.1 Å². The fourth-order valence-electron chi connectivity index (χ4n) is 5.65. The SMILES string of the molecule is CC[N+]1=C(/C=C/C=C/C=[C-]C(C)(C)c2[c-]ccc3ccccc23)C(C)(C)c2c1ccc1ccccc21.[Na+]. The molecule has 0 saturated heterocycles. The second-order valence-corrected chi connectivity index (χ2v) is 10.6. The summed E-state index contributed by atoms with van der Waals surface area (Å²) < 4.78 is 2.45. The molecule has 2 heteroatoms. The number of hydrogen-bond acceptors (Lipinski definition) is 0. The van der Waals surface area contributed by atoms with E-state index in [-0.39, 0.29) is 40.4 Å². The van der Waals surface area contributed by atoms with Crippen LogP contribution < -0.4 is 29.6 Å². The Hall–Kier alpha value is -2.71. The van der Waals surface area contributed by atoms with Gasteiger partial charge in [0.05, 0.1) is 5.41 Å². The van der Waals surface area contributed by atoms with E-state index in [1.807, 2.05) is 12.1 Å². The van der Waals surface area contributed by atoms with E-state index in [4.69, 9.17) is 0 Å². The van der Waals surface area contributed by atoms with Crippen LogP contribution in [0.2, 0.25) is 0 Å². The van der Waals surface area contributed by atoms with Crippen LogP contribution in [0.3, 0.4) is 0 Å². The Kier molecular flexibility index (Phi) is 8.09. The van der Waals surface area contributed by atoms with Gasteiger partial charge < -0.3 is 0 Å². The molecule has 1 aliphatic heterocycles. The molecule has 1 nitrogen and oxygen atoms in total. The number of fused-ring (bicyclic) bond motifs is 4. The van der Waals surface area contributed by atoms with Gasteiger partial charge in [-0.2, -0.15) is 28.3 Å². The molecule has 1 heterocycles. The molecule has 0 saturated carbocycles. The standard InChI is InChI=1S/C35H34N.Na/c1-6-36-31-24-23-27-17-11-13-20-29(27)33(31)35(4,5)32(36)22-9-7-8-14-25-34(2,3)30-21-15-18-26-16-10-12-19-28(26)30;/h7-20,22-24H,6H2,1-5H3;/q-1;+1/b8-7+,22-9+;. The fourth-order valence-corrected chi connectivity index (χ4v) is 5.65. The Morgan fingerprint density at radius 3 is 2.27 bits per heavy atom. The van der Waals surface area contributed by atoms with Crippen LogP contribution in [-0.2, 0) is 10.8 Å². The first-order valence-corrected chi connectivity index (χ1v) is 12.9. The molecule has 4 aromatic rings. The van der Waals surface area contributed by atoms with Crippen LogP contribution in [0.15, 0.2) is 103 Å². The Labute approximate surface area is 244 Å². The molecule has 0 N–H and O–H groups in total. The number of benzene rings is 4. The van der Waals surface area contributed by atoms with Crippen LogP contribution >= 0.6 is 0 Å². The molecule has 4 aromatic carbocycles. The zero-order chi connectivity index (χ0) is 25.3. The first kappa shape index (κ1) is 27.3. The van der Waals surface area contributed by atoms with Crippen LogP contribution in [0.5, 0.6) is 0 Å². The predicted octanol–water partition coefficient (Wildman–Crippen LogP) is 5.64. The van der Waals surface area contributed by atoms with Crippen molar-refractivity contribution in [1.29, 1.82) is 0 Å². The smallest absolute Gasteiger partial charge is 0.267 e. The van der Waals surface area contributed by atoms with Crippen molar-refractivity contribution in [2.45, 2.75) is 45.4 Å². The molecule has 0 fully saturated rings. The molecule has 0 bridgehead atoms. The molecule has 180 valence electrons. The van der Waals surface area contributed by atoms with Gasteiger partial charge in [-0.25, -0.2) is 12.2 Å². The third kappa shape index (κ3) is 5.06. The summed E-state index contributed by atoms with van der Waals surface area (Å²) in [6.45, 7) is 12.3. The predicted molar refractivity (Wildman–Crippen MR) is 154 cm³/mol. The van der Waals surface area contributed by atoms with Crippen molar-refractivity contribution < 1.29 is 34.1 Å². The van der Waals surface area contributed by atoms with Gasteiger partial charge >= 0.3 is 29.6 Å². The molecule has 0 spiro atoms. The third-order valence-corrected chi connectivity index (χ3v) is 7.43. The molecule has 0 amide bonds. The molecule has 5 rings (SSSR count). The summed E-state index contributed by atoms with van der Waals surface area (Å²) in [5, 5.41) is 5.13. The number of allylic oxidation sites excluding steroid dienone is 6. The van der Waals surface area contributed by atoms with Crippen molar-refractivity contribution in [1.82, 2.24) is 0 Å². The summed E-state index contributed by atoms with van der Waals surface area (Å²) >= 11 is 0. The summed E-state index contributed by atoms with van der Waals surface area (Å²) in [6, 6.07) is 29.3. The Balaban J connectivity index is 0.00000320. The van der Waals surface area contributed by atoms with E-state index in [0.29, 0.717) is 0 Å². The number of nitrogens with zero attached hydrogens (tertiary/aromatic N) is 1. The van der Waals surface area contributed by atoms with Crippen LogP contribution in [-0.4, -0.2) is 16.8 Å². The average molecular weight is 492 g/mol. The van der Waals surface area contributed by atoms with E-state index in [1.54, 1.807) is 0 Å². The maximum Gasteiger partial charge on any atom is 1.00 e. The molecule has 0 aliphatic carbocycles. The third-order valence-electron chi connectivity index (χ3n) is 7.43. The van der Waals surface area contributed by atoms with E-state index >= 15 is 0 Å². The van der Waals surface area contributed by atoms with Gasteiger partial charge in [0.2, 0.25) is 5.69 Å². The summed E-state index contributed by atoms with van der Waals surface area (Å²) in [7, 11) is 0. The Morgan fingerprint density at radius 1 is 0.865 bits per heavy atom. The van der Waals surface area contributed by atoms with Gasteiger partial charge in [0, 0.05) is 17.7 Å². The van der Waals surface area contributed by atoms with Crippen LogP contribution in [0.1, 0.15) is 45.7 Å². The second-order valence-electron chi connectivity index (χ2n) is 10.6. The van der Waals surface area contributed by atoms with Crippen molar-refractivity contribution in [3.63, 3.8) is 0 Å². The minimum absolute atomic E-state index is 0. The maximum atomic E-state index is 3.57. The van der Waals surface area contributed by atoms with E-state index in [2.05, 4.69) is 142 Å². The molecule has 0 aromatic heterocycles. The second kappa shape index (κ2) is 11.0. The van der Waals surface area contributed by atoms with Crippen molar-refractivity contribution in [2.75, 3.05) is 6.54 Å². The molecular weight excluding hydrogens is 457 g/mol. The minimum atomic E-state index is -0.237. The van der Waals surface area contributed by atoms with Gasteiger partial charge in [0.15, 0.2) is 5.71 Å². The molecule has 37 heavy (non-hydrogen) atoms. The zero-order valence-corrected chi connectivity index (χ0v) is 25.0. The van der Waals surface area contributed by atoms with Gasteiger partial charge in [-0.1, -0.05) is 67.8 Å². The van der Waals surface area contributed by atoms with E-state index in [9.17, 15) is 0 Å². The number of rotatable bonds is 6. The van der Waals surface area contributed by atoms with E-state index < -0.39 is 0 Å². The van der Waals surface area contributed by atoms with Gasteiger partial charge in [-0.05, 0) is 37.6 Å². The number of hydrogen-bond donors (Lipinski definition) is 0. The van der Waals surface area contributed by atoms with Gasteiger partial charge in [0.25, 0.3) is 0 Å². The van der Waals surface area contributed by atoms with Gasteiger partial charge in [0.1, 0.15) is 6.54 Å². The van der Waals surface area contributed by atoms with Crippen molar-refractivity contribution in [2.24, 2.45) is 0 Å². The Morgan fingerprint density at radius 2 is 1.54 bits per heavy atom. The maximum absolute atomic E-state index is 3.57. The summed E-state index contributed by atoms with van der Waals surface area (Å²) in [4.78, 5) is 0. The Bertz CT molecular complexity index is 1560. The van der Waals surface area contributed by atoms with E-state index in [0.717, 1.165) is 6.54 Å². The monoisotopic (exact) mass is 491 g/mol. The van der Waals surface area contributed by atoms with Crippen LogP contribution in [0.4, 0.5) is 5.69 Å². The molecule has 0 radical (unpaired) electrons. The zero-order valence-electron chi connectivity index (χ0n) is 23.0. The average Bonchev–Trinajstić information content (AvgIpc) is 3.11. The van der Waals surface area contributed by atoms with Gasteiger partial charge in [-0.15, -0.1) is 22.9 Å². The van der Waals surface area contributed by atoms with Crippen molar-refractivity contribution >= 4 is 32.9 Å². The van der Waals surface area contributed by atoms with Crippen molar-refractivity contribution in [3.8, 4) is 0 Å². The largest absolute Gasteiger partial charge is 1.00 e. The summed E-state index contributed by atoms with van der Waals surface area (Å²) in [5.74, 6) is 0. The molecule has 1 aliphatic rings. The summed E-state index contributed by atoms with van der Waals surface area (Å²) in [5.41, 5.74) is 4.95.